The van der Waals surface area contributed by atoms with Crippen LogP contribution < -0.4 is 10.6 Å². The maximum atomic E-state index is 6.13. The fourth-order valence-electron chi connectivity index (χ4n) is 2.25. The molecule has 18 heavy (non-hydrogen) atoms. The van der Waals surface area contributed by atoms with Crippen molar-refractivity contribution in [3.8, 4) is 0 Å². The zero-order valence-corrected chi connectivity index (χ0v) is 11.6. The molecule has 0 saturated heterocycles. The summed E-state index contributed by atoms with van der Waals surface area (Å²) in [5, 5.41) is 0.786. The van der Waals surface area contributed by atoms with Crippen LogP contribution in [0.3, 0.4) is 0 Å². The number of halogens is 1. The minimum absolute atomic E-state index is 0.648. The molecule has 100 valence electrons. The predicted molar refractivity (Wildman–Crippen MR) is 76.5 cm³/mol. The second kappa shape index (κ2) is 6.41. The molecule has 0 aromatic heterocycles. The number of hydrogen-bond donors (Lipinski definition) is 1. The van der Waals surface area contributed by atoms with Crippen LogP contribution in [-0.2, 0) is 11.2 Å². The monoisotopic (exact) mass is 268 g/mol. The van der Waals surface area contributed by atoms with E-state index in [1.165, 1.54) is 24.1 Å². The van der Waals surface area contributed by atoms with E-state index in [0.717, 1.165) is 24.6 Å². The Morgan fingerprint density at radius 2 is 2.22 bits per heavy atom. The van der Waals surface area contributed by atoms with Crippen molar-refractivity contribution in [2.45, 2.75) is 25.3 Å². The van der Waals surface area contributed by atoms with E-state index >= 15 is 0 Å². The first-order valence-electron chi connectivity index (χ1n) is 6.50. The topological polar surface area (TPSA) is 38.5 Å². The molecule has 1 saturated carbocycles. The molecule has 1 fully saturated rings. The second-order valence-electron chi connectivity index (χ2n) is 4.73. The lowest BCUT2D eigenvalue weighted by Gasteiger charge is -2.27. The van der Waals surface area contributed by atoms with Gasteiger partial charge in [-0.15, -0.1) is 0 Å². The van der Waals surface area contributed by atoms with Gasteiger partial charge >= 0.3 is 0 Å². The highest BCUT2D eigenvalue weighted by molar-refractivity contribution is 6.30. The molecular weight excluding hydrogens is 248 g/mol. The predicted octanol–water partition coefficient (Wildman–Crippen LogP) is 2.46. The molecule has 1 aliphatic rings. The maximum absolute atomic E-state index is 6.13. The van der Waals surface area contributed by atoms with E-state index in [1.807, 2.05) is 6.07 Å². The third-order valence-corrected chi connectivity index (χ3v) is 3.53. The molecular formula is C14H21ClN2O. The summed E-state index contributed by atoms with van der Waals surface area (Å²) in [5.74, 6) is 0. The molecule has 0 heterocycles. The maximum Gasteiger partial charge on any atom is 0.0637 e. The van der Waals surface area contributed by atoms with Gasteiger partial charge in [-0.3, -0.25) is 0 Å². The first kappa shape index (κ1) is 13.7. The SMILES string of the molecule is COCCN(c1cc(Cl)ccc1CCN)C1CC1. The average molecular weight is 269 g/mol. The van der Waals surface area contributed by atoms with Gasteiger partial charge in [0.05, 0.1) is 6.61 Å². The van der Waals surface area contributed by atoms with Gasteiger partial charge in [0.1, 0.15) is 0 Å². The molecule has 2 N–H and O–H groups in total. The van der Waals surface area contributed by atoms with Crippen LogP contribution in [0.2, 0.25) is 5.02 Å². The van der Waals surface area contributed by atoms with Crippen molar-refractivity contribution in [1.29, 1.82) is 0 Å². The minimum Gasteiger partial charge on any atom is -0.383 e. The van der Waals surface area contributed by atoms with E-state index < -0.39 is 0 Å². The molecule has 2 rings (SSSR count). The van der Waals surface area contributed by atoms with Crippen molar-refractivity contribution in [1.82, 2.24) is 0 Å². The summed E-state index contributed by atoms with van der Waals surface area (Å²) in [6.45, 7) is 2.32. The largest absolute Gasteiger partial charge is 0.383 e. The van der Waals surface area contributed by atoms with Crippen LogP contribution in [-0.4, -0.2) is 32.8 Å². The van der Waals surface area contributed by atoms with Crippen LogP contribution in [0.15, 0.2) is 18.2 Å². The number of hydrogen-bond acceptors (Lipinski definition) is 3. The Kier molecular flexibility index (Phi) is 4.87. The normalized spacial score (nSPS) is 14.8. The standard InChI is InChI=1S/C14H21ClN2O/c1-18-9-8-17(13-4-5-13)14-10-12(15)3-2-11(14)6-7-16/h2-3,10,13H,4-9,16H2,1H3. The third kappa shape index (κ3) is 3.37. The summed E-state index contributed by atoms with van der Waals surface area (Å²) in [5.41, 5.74) is 8.19. The van der Waals surface area contributed by atoms with E-state index in [2.05, 4.69) is 17.0 Å². The third-order valence-electron chi connectivity index (χ3n) is 3.29. The van der Waals surface area contributed by atoms with Crippen molar-refractivity contribution in [3.05, 3.63) is 28.8 Å². The lowest BCUT2D eigenvalue weighted by Crippen LogP contribution is -2.30. The molecule has 0 amide bonds. The van der Waals surface area contributed by atoms with Crippen LogP contribution >= 0.6 is 11.6 Å². The second-order valence-corrected chi connectivity index (χ2v) is 5.17. The molecule has 0 aliphatic heterocycles. The number of methoxy groups -OCH3 is 1. The summed E-state index contributed by atoms with van der Waals surface area (Å²) in [6, 6.07) is 6.74. The van der Waals surface area contributed by atoms with E-state index in [1.54, 1.807) is 7.11 Å². The number of rotatable bonds is 7. The van der Waals surface area contributed by atoms with Crippen LogP contribution in [0.25, 0.3) is 0 Å². The molecule has 0 radical (unpaired) electrons. The van der Waals surface area contributed by atoms with E-state index in [-0.39, 0.29) is 0 Å². The number of benzene rings is 1. The van der Waals surface area contributed by atoms with E-state index in [0.29, 0.717) is 12.6 Å². The van der Waals surface area contributed by atoms with Gasteiger partial charge in [0.15, 0.2) is 0 Å². The lowest BCUT2D eigenvalue weighted by molar-refractivity contribution is 0.205. The fourth-order valence-corrected chi connectivity index (χ4v) is 2.41. The zero-order valence-electron chi connectivity index (χ0n) is 10.9. The Labute approximate surface area is 114 Å². The van der Waals surface area contributed by atoms with Gasteiger partial charge in [-0.1, -0.05) is 17.7 Å². The lowest BCUT2D eigenvalue weighted by atomic mass is 10.1. The number of ether oxygens (including phenoxy) is 1. The Bertz CT molecular complexity index is 393. The van der Waals surface area contributed by atoms with Crippen LogP contribution in [0.1, 0.15) is 18.4 Å². The van der Waals surface area contributed by atoms with Crippen LogP contribution in [0.4, 0.5) is 5.69 Å². The zero-order chi connectivity index (χ0) is 13.0. The van der Waals surface area contributed by atoms with Gasteiger partial charge in [-0.25, -0.2) is 0 Å². The number of anilines is 1. The fraction of sp³-hybridized carbons (Fsp3) is 0.571. The molecule has 1 aromatic carbocycles. The Balaban J connectivity index is 2.23. The van der Waals surface area contributed by atoms with Crippen molar-refractivity contribution < 1.29 is 4.74 Å². The van der Waals surface area contributed by atoms with Crippen molar-refractivity contribution in [3.63, 3.8) is 0 Å². The number of nitrogens with zero attached hydrogens (tertiary/aromatic N) is 1. The smallest absolute Gasteiger partial charge is 0.0637 e. The molecule has 0 spiro atoms. The first-order valence-corrected chi connectivity index (χ1v) is 6.88. The van der Waals surface area contributed by atoms with Gasteiger partial charge in [-0.2, -0.15) is 0 Å². The summed E-state index contributed by atoms with van der Waals surface area (Å²) in [6.07, 6.45) is 3.42. The summed E-state index contributed by atoms with van der Waals surface area (Å²) < 4.78 is 5.20. The Morgan fingerprint density at radius 1 is 1.44 bits per heavy atom. The van der Waals surface area contributed by atoms with Gasteiger partial charge in [0.2, 0.25) is 0 Å². The van der Waals surface area contributed by atoms with Crippen LogP contribution in [0, 0.1) is 0 Å². The first-order chi connectivity index (χ1) is 8.76. The van der Waals surface area contributed by atoms with Crippen LogP contribution in [0.5, 0.6) is 0 Å². The molecule has 0 bridgehead atoms. The average Bonchev–Trinajstić information content (AvgIpc) is 3.17. The molecule has 0 unspecified atom stereocenters. The van der Waals surface area contributed by atoms with Crippen molar-refractivity contribution in [2.75, 3.05) is 31.7 Å². The quantitative estimate of drug-likeness (QED) is 0.826. The summed E-state index contributed by atoms with van der Waals surface area (Å²) in [4.78, 5) is 2.42. The molecule has 3 nitrogen and oxygen atoms in total. The van der Waals surface area contributed by atoms with Gasteiger partial charge in [-0.05, 0) is 43.5 Å². The Morgan fingerprint density at radius 3 is 2.83 bits per heavy atom. The molecule has 1 aromatic rings. The van der Waals surface area contributed by atoms with Crippen molar-refractivity contribution in [2.24, 2.45) is 5.73 Å². The van der Waals surface area contributed by atoms with Crippen molar-refractivity contribution >= 4 is 17.3 Å². The molecule has 4 heteroatoms. The summed E-state index contributed by atoms with van der Waals surface area (Å²) >= 11 is 6.13. The van der Waals surface area contributed by atoms with E-state index in [9.17, 15) is 0 Å². The van der Waals surface area contributed by atoms with Gasteiger partial charge < -0.3 is 15.4 Å². The van der Waals surface area contributed by atoms with Gasteiger partial charge in [0, 0.05) is 30.4 Å². The van der Waals surface area contributed by atoms with Gasteiger partial charge in [0.25, 0.3) is 0 Å². The van der Waals surface area contributed by atoms with E-state index in [4.69, 9.17) is 22.1 Å². The Hall–Kier alpha value is -0.770. The summed E-state index contributed by atoms with van der Waals surface area (Å²) in [7, 11) is 1.74. The highest BCUT2D eigenvalue weighted by Crippen LogP contribution is 2.35. The molecule has 1 aliphatic carbocycles. The number of nitrogens with two attached hydrogens (primary N) is 1. The minimum atomic E-state index is 0.648. The highest BCUT2D eigenvalue weighted by Gasteiger charge is 2.30. The highest BCUT2D eigenvalue weighted by atomic mass is 35.5. The molecule has 0 atom stereocenters.